The lowest BCUT2D eigenvalue weighted by atomic mass is 10.1. The van der Waals surface area contributed by atoms with Crippen LogP contribution in [0.3, 0.4) is 0 Å². The highest BCUT2D eigenvalue weighted by Gasteiger charge is 2.17. The fraction of sp³-hybridized carbons (Fsp3) is 0.412. The molecule has 0 radical (unpaired) electrons. The maximum absolute atomic E-state index is 5.78. The molecule has 3 rings (SSSR count). The van der Waals surface area contributed by atoms with E-state index < -0.39 is 0 Å². The van der Waals surface area contributed by atoms with Crippen LogP contribution in [-0.2, 0) is 6.54 Å². The van der Waals surface area contributed by atoms with Crippen molar-refractivity contribution in [3.8, 4) is 11.5 Å². The van der Waals surface area contributed by atoms with Gasteiger partial charge in [0, 0.05) is 29.7 Å². The van der Waals surface area contributed by atoms with Crippen molar-refractivity contribution < 1.29 is 4.42 Å². The molecule has 0 aromatic carbocycles. The third-order valence-corrected chi connectivity index (χ3v) is 4.81. The molecule has 0 aliphatic rings. The van der Waals surface area contributed by atoms with Gasteiger partial charge in [0.1, 0.15) is 5.76 Å². The Kier molecular flexibility index (Phi) is 4.63. The molecule has 0 saturated heterocycles. The van der Waals surface area contributed by atoms with Crippen LogP contribution in [0.5, 0.6) is 0 Å². The van der Waals surface area contributed by atoms with E-state index in [1.54, 1.807) is 11.3 Å². The van der Waals surface area contributed by atoms with Gasteiger partial charge in [0.05, 0.1) is 17.9 Å². The topological polar surface area (TPSA) is 55.9 Å². The minimum Gasteiger partial charge on any atom is -0.441 e. The van der Waals surface area contributed by atoms with E-state index in [0.717, 1.165) is 17.0 Å². The predicted molar refractivity (Wildman–Crippen MR) is 92.5 cm³/mol. The number of rotatable bonds is 6. The van der Waals surface area contributed by atoms with E-state index in [2.05, 4.69) is 42.4 Å². The molecule has 0 fully saturated rings. The first kappa shape index (κ1) is 16.0. The van der Waals surface area contributed by atoms with Crippen molar-refractivity contribution >= 4 is 11.3 Å². The molecule has 3 aromatic rings. The average molecular weight is 330 g/mol. The summed E-state index contributed by atoms with van der Waals surface area (Å²) in [5.41, 5.74) is 3.18. The highest BCUT2D eigenvalue weighted by molar-refractivity contribution is 7.08. The zero-order valence-electron chi connectivity index (χ0n) is 13.9. The lowest BCUT2D eigenvalue weighted by molar-refractivity contribution is 0.363. The number of aryl methyl sites for hydroxylation is 2. The Balaban J connectivity index is 1.64. The first-order valence-electron chi connectivity index (χ1n) is 7.77. The van der Waals surface area contributed by atoms with Crippen LogP contribution in [0.15, 0.2) is 33.6 Å². The highest BCUT2D eigenvalue weighted by Crippen LogP contribution is 2.24. The molecule has 0 amide bonds. The average Bonchev–Trinajstić information content (AvgIpc) is 3.25. The van der Waals surface area contributed by atoms with Crippen LogP contribution < -0.4 is 5.32 Å². The van der Waals surface area contributed by atoms with Crippen LogP contribution in [0, 0.1) is 13.8 Å². The number of nitrogens with zero attached hydrogens (tertiary/aromatic N) is 3. The van der Waals surface area contributed by atoms with Crippen molar-refractivity contribution in [1.29, 1.82) is 0 Å². The molecule has 122 valence electrons. The van der Waals surface area contributed by atoms with Gasteiger partial charge in [-0.1, -0.05) is 0 Å². The molecular weight excluding hydrogens is 308 g/mol. The molecule has 1 N–H and O–H groups in total. The summed E-state index contributed by atoms with van der Waals surface area (Å²) < 4.78 is 7.78. The molecule has 0 saturated carbocycles. The van der Waals surface area contributed by atoms with Crippen molar-refractivity contribution in [3.63, 3.8) is 0 Å². The van der Waals surface area contributed by atoms with Gasteiger partial charge >= 0.3 is 0 Å². The van der Waals surface area contributed by atoms with E-state index in [0.29, 0.717) is 12.4 Å². The maximum Gasteiger partial charge on any atom is 0.227 e. The molecule has 3 heterocycles. The molecule has 23 heavy (non-hydrogen) atoms. The molecule has 0 aliphatic carbocycles. The predicted octanol–water partition coefficient (Wildman–Crippen LogP) is 3.96. The summed E-state index contributed by atoms with van der Waals surface area (Å²) in [6.45, 7) is 9.03. The van der Waals surface area contributed by atoms with Gasteiger partial charge in [-0.25, -0.2) is 4.98 Å². The van der Waals surface area contributed by atoms with Crippen molar-refractivity contribution in [2.24, 2.45) is 0 Å². The zero-order valence-corrected chi connectivity index (χ0v) is 14.7. The molecule has 2 atom stereocenters. The number of nitrogens with one attached hydrogen (secondary N) is 1. The molecular formula is C17H22N4OS. The molecule has 0 aliphatic heterocycles. The van der Waals surface area contributed by atoms with Gasteiger partial charge in [0.15, 0.2) is 0 Å². The third-order valence-electron chi connectivity index (χ3n) is 4.12. The van der Waals surface area contributed by atoms with Crippen molar-refractivity contribution in [3.05, 3.63) is 46.2 Å². The zero-order chi connectivity index (χ0) is 16.4. The number of thiophene rings is 1. The monoisotopic (exact) mass is 330 g/mol. The van der Waals surface area contributed by atoms with Gasteiger partial charge < -0.3 is 9.73 Å². The van der Waals surface area contributed by atoms with E-state index in [1.165, 1.54) is 5.56 Å². The molecule has 0 bridgehead atoms. The summed E-state index contributed by atoms with van der Waals surface area (Å²) in [6.07, 6.45) is 3.96. The van der Waals surface area contributed by atoms with E-state index in [-0.39, 0.29) is 12.1 Å². The third kappa shape index (κ3) is 3.54. The fourth-order valence-corrected chi connectivity index (χ4v) is 3.04. The lowest BCUT2D eigenvalue weighted by Gasteiger charge is -2.21. The first-order valence-corrected chi connectivity index (χ1v) is 8.72. The Morgan fingerprint density at radius 3 is 2.83 bits per heavy atom. The second kappa shape index (κ2) is 6.68. The van der Waals surface area contributed by atoms with Gasteiger partial charge in [0.25, 0.3) is 0 Å². The van der Waals surface area contributed by atoms with Crippen LogP contribution in [0.2, 0.25) is 0 Å². The molecule has 3 aromatic heterocycles. The van der Waals surface area contributed by atoms with Gasteiger partial charge in [-0.3, -0.25) is 4.68 Å². The van der Waals surface area contributed by atoms with Crippen molar-refractivity contribution in [1.82, 2.24) is 20.1 Å². The Morgan fingerprint density at radius 1 is 1.35 bits per heavy atom. The van der Waals surface area contributed by atoms with Gasteiger partial charge in [-0.15, -0.1) is 0 Å². The number of aromatic nitrogens is 3. The SMILES string of the molecule is Cc1cnn([C@@H](C)[C@@H](C)NCc2nc(-c3ccsc3)oc2C)c1. The van der Waals surface area contributed by atoms with Crippen LogP contribution in [0.4, 0.5) is 0 Å². The number of oxazole rings is 1. The van der Waals surface area contributed by atoms with Gasteiger partial charge in [-0.05, 0) is 44.7 Å². The summed E-state index contributed by atoms with van der Waals surface area (Å²) in [6, 6.07) is 2.57. The lowest BCUT2D eigenvalue weighted by Crippen LogP contribution is -2.33. The minimum absolute atomic E-state index is 0.271. The molecule has 0 spiro atoms. The smallest absolute Gasteiger partial charge is 0.227 e. The van der Waals surface area contributed by atoms with Crippen LogP contribution in [0.1, 0.15) is 36.9 Å². The second-order valence-electron chi connectivity index (χ2n) is 5.94. The summed E-state index contributed by atoms with van der Waals surface area (Å²) in [7, 11) is 0. The summed E-state index contributed by atoms with van der Waals surface area (Å²) in [5.74, 6) is 1.57. The fourth-order valence-electron chi connectivity index (χ4n) is 2.41. The maximum atomic E-state index is 5.78. The van der Waals surface area contributed by atoms with E-state index >= 15 is 0 Å². The number of hydrogen-bond acceptors (Lipinski definition) is 5. The van der Waals surface area contributed by atoms with Gasteiger partial charge in [-0.2, -0.15) is 16.4 Å². The Morgan fingerprint density at radius 2 is 2.17 bits per heavy atom. The summed E-state index contributed by atoms with van der Waals surface area (Å²) in [4.78, 5) is 4.62. The molecule has 0 unspecified atom stereocenters. The van der Waals surface area contributed by atoms with E-state index in [4.69, 9.17) is 4.42 Å². The standard InChI is InChI=1S/C17H22N4OS/c1-11-7-19-21(9-11)13(3)12(2)18-8-16-14(4)22-17(20-16)15-5-6-23-10-15/h5-7,9-10,12-13,18H,8H2,1-4H3/t12-,13+/m1/s1. The van der Waals surface area contributed by atoms with Crippen LogP contribution >= 0.6 is 11.3 Å². The second-order valence-corrected chi connectivity index (χ2v) is 6.72. The molecule has 5 nitrogen and oxygen atoms in total. The summed E-state index contributed by atoms with van der Waals surface area (Å²) >= 11 is 1.65. The van der Waals surface area contributed by atoms with Crippen LogP contribution in [0.25, 0.3) is 11.5 Å². The quantitative estimate of drug-likeness (QED) is 0.743. The highest BCUT2D eigenvalue weighted by atomic mass is 32.1. The van der Waals surface area contributed by atoms with E-state index in [9.17, 15) is 0 Å². The van der Waals surface area contributed by atoms with Crippen LogP contribution in [-0.4, -0.2) is 20.8 Å². The Hall–Kier alpha value is -1.92. The number of hydrogen-bond donors (Lipinski definition) is 1. The minimum atomic E-state index is 0.271. The Bertz CT molecular complexity index is 760. The van der Waals surface area contributed by atoms with Crippen molar-refractivity contribution in [2.45, 2.75) is 46.3 Å². The summed E-state index contributed by atoms with van der Waals surface area (Å²) in [5, 5.41) is 12.0. The Labute approximate surface area is 140 Å². The largest absolute Gasteiger partial charge is 0.441 e. The molecule has 6 heteroatoms. The van der Waals surface area contributed by atoms with Gasteiger partial charge in [0.2, 0.25) is 5.89 Å². The normalized spacial score (nSPS) is 14.1. The first-order chi connectivity index (χ1) is 11.0. The van der Waals surface area contributed by atoms with E-state index in [1.807, 2.05) is 34.6 Å². The van der Waals surface area contributed by atoms with Crippen molar-refractivity contribution in [2.75, 3.05) is 0 Å².